The number of halogens is 1. The second-order valence-electron chi connectivity index (χ2n) is 6.84. The van der Waals surface area contributed by atoms with Crippen LogP contribution in [0, 0.1) is 5.82 Å². The molecule has 0 radical (unpaired) electrons. The molecule has 1 aliphatic rings. The molecule has 25 heavy (non-hydrogen) atoms. The molecule has 3 aromatic rings. The van der Waals surface area contributed by atoms with Crippen LogP contribution in [0.5, 0.6) is 5.75 Å². The molecule has 0 aliphatic carbocycles. The fourth-order valence-corrected chi connectivity index (χ4v) is 4.01. The van der Waals surface area contributed by atoms with Crippen LogP contribution < -0.4 is 9.88 Å². The minimum atomic E-state index is -0.229. The third kappa shape index (κ3) is 3.10. The Labute approximate surface area is 146 Å². The number of aromatic amines is 1. The van der Waals surface area contributed by atoms with Crippen LogP contribution >= 0.6 is 0 Å². The first-order valence-electron chi connectivity index (χ1n) is 8.96. The van der Waals surface area contributed by atoms with Gasteiger partial charge in [-0.3, -0.25) is 0 Å². The summed E-state index contributed by atoms with van der Waals surface area (Å²) in [6, 6.07) is 14.7. The predicted molar refractivity (Wildman–Crippen MR) is 95.0 cm³/mol. The van der Waals surface area contributed by atoms with E-state index in [1.807, 2.05) is 42.6 Å². The van der Waals surface area contributed by atoms with Crippen molar-refractivity contribution in [2.45, 2.75) is 25.3 Å². The van der Waals surface area contributed by atoms with E-state index in [2.05, 4.69) is 4.98 Å². The number of nitrogens with one attached hydrogen (secondary N) is 2. The summed E-state index contributed by atoms with van der Waals surface area (Å²) in [6.07, 6.45) is 5.46. The van der Waals surface area contributed by atoms with E-state index in [0.717, 1.165) is 35.1 Å². The molecule has 4 rings (SSSR count). The Morgan fingerprint density at radius 2 is 1.72 bits per heavy atom. The number of hydrogen-bond acceptors (Lipinski definition) is 1. The Morgan fingerprint density at radius 1 is 0.960 bits per heavy atom. The number of rotatable bonds is 3. The van der Waals surface area contributed by atoms with Gasteiger partial charge in [-0.15, -0.1) is 0 Å². The van der Waals surface area contributed by atoms with Gasteiger partial charge in [0.05, 0.1) is 24.0 Å². The summed E-state index contributed by atoms with van der Waals surface area (Å²) in [7, 11) is 0. The van der Waals surface area contributed by atoms with Gasteiger partial charge in [0.25, 0.3) is 5.52 Å². The van der Waals surface area contributed by atoms with Gasteiger partial charge >= 0.3 is 0 Å². The molecule has 128 valence electrons. The normalized spacial score (nSPS) is 16.8. The molecule has 3 N–H and O–H groups in total. The summed E-state index contributed by atoms with van der Waals surface area (Å²) >= 11 is 0. The molecule has 1 atom stereocenters. The highest BCUT2D eigenvalue weighted by Crippen LogP contribution is 2.32. The lowest BCUT2D eigenvalue weighted by Crippen LogP contribution is -3.13. The van der Waals surface area contributed by atoms with Crippen LogP contribution in [0.2, 0.25) is 0 Å². The largest absolute Gasteiger partial charge is 0.502 e. The van der Waals surface area contributed by atoms with Gasteiger partial charge in [0, 0.05) is 11.6 Å². The molecule has 1 aromatic heterocycles. The number of benzene rings is 2. The van der Waals surface area contributed by atoms with Crippen molar-refractivity contribution in [3.8, 4) is 5.75 Å². The van der Waals surface area contributed by atoms with Crippen molar-refractivity contribution in [2.24, 2.45) is 0 Å². The third-order valence-electron chi connectivity index (χ3n) is 5.26. The number of phenols is 1. The van der Waals surface area contributed by atoms with Crippen LogP contribution in [-0.2, 0) is 0 Å². The fraction of sp³-hybridized carbons (Fsp3) is 0.286. The minimum Gasteiger partial charge on any atom is -0.502 e. The first-order chi connectivity index (χ1) is 12.2. The Bertz CT molecular complexity index is 873. The number of likely N-dealkylation sites (tertiary alicyclic amines) is 1. The second-order valence-corrected chi connectivity index (χ2v) is 6.84. The number of piperidine rings is 1. The van der Waals surface area contributed by atoms with E-state index < -0.39 is 0 Å². The number of phenolic OH excluding ortho intramolecular Hbond substituents is 1. The highest BCUT2D eigenvalue weighted by atomic mass is 19.1. The molecule has 1 fully saturated rings. The topological polar surface area (TPSA) is 38.8 Å². The highest BCUT2D eigenvalue weighted by molar-refractivity contribution is 5.82. The second kappa shape index (κ2) is 6.81. The van der Waals surface area contributed by atoms with Gasteiger partial charge in [0.1, 0.15) is 11.9 Å². The Hall–Kier alpha value is -2.46. The van der Waals surface area contributed by atoms with Gasteiger partial charge in [-0.05, 0) is 61.7 Å². The van der Waals surface area contributed by atoms with Crippen LogP contribution in [0.15, 0.2) is 54.7 Å². The summed E-state index contributed by atoms with van der Waals surface area (Å²) < 4.78 is 13.4. The van der Waals surface area contributed by atoms with E-state index in [9.17, 15) is 9.50 Å². The lowest BCUT2D eigenvalue weighted by molar-refractivity contribution is -0.930. The number of hydrogen-bond donors (Lipinski definition) is 2. The van der Waals surface area contributed by atoms with Crippen molar-refractivity contribution >= 4 is 10.9 Å². The maximum atomic E-state index is 13.4. The molecule has 3 nitrogen and oxygen atoms in total. The molecule has 1 unspecified atom stereocenters. The third-order valence-corrected chi connectivity index (χ3v) is 5.26. The zero-order valence-electron chi connectivity index (χ0n) is 14.1. The monoisotopic (exact) mass is 338 g/mol. The molecule has 2 aromatic carbocycles. The Morgan fingerprint density at radius 3 is 2.48 bits per heavy atom. The van der Waals surface area contributed by atoms with Crippen LogP contribution in [0.1, 0.15) is 36.4 Å². The lowest BCUT2D eigenvalue weighted by Gasteiger charge is -2.32. The van der Waals surface area contributed by atoms with E-state index in [1.54, 1.807) is 0 Å². The highest BCUT2D eigenvalue weighted by Gasteiger charge is 2.31. The minimum absolute atomic E-state index is 0.0129. The van der Waals surface area contributed by atoms with E-state index in [1.165, 1.54) is 36.3 Å². The van der Waals surface area contributed by atoms with E-state index in [-0.39, 0.29) is 11.9 Å². The summed E-state index contributed by atoms with van der Waals surface area (Å²) in [5.41, 5.74) is 2.70. The molecule has 1 aliphatic heterocycles. The number of H-pyrrole nitrogens is 1. The molecule has 2 heterocycles. The van der Waals surface area contributed by atoms with Gasteiger partial charge < -0.3 is 10.0 Å². The standard InChI is InChI=1S/C21H21FN2O/c22-17-9-6-16(7-10-17)20(24-13-2-1-3-14-24)18-11-8-15-5-4-12-23-19(15)21(18)25/h4-12,20,25H,1-3,13-14H2/p+2. The summed E-state index contributed by atoms with van der Waals surface area (Å²) in [5.74, 6) is 0.0673. The molecular formula is C21H23FN2O+2. The van der Waals surface area contributed by atoms with Crippen molar-refractivity contribution in [3.05, 3.63) is 71.7 Å². The van der Waals surface area contributed by atoms with Gasteiger partial charge in [-0.2, -0.15) is 0 Å². The Balaban J connectivity index is 1.85. The average molecular weight is 338 g/mol. The van der Waals surface area contributed by atoms with Crippen molar-refractivity contribution in [3.63, 3.8) is 0 Å². The molecule has 0 bridgehead atoms. The molecular weight excluding hydrogens is 315 g/mol. The Kier molecular flexibility index (Phi) is 4.36. The van der Waals surface area contributed by atoms with Gasteiger partial charge in [0.15, 0.2) is 11.9 Å². The van der Waals surface area contributed by atoms with Crippen molar-refractivity contribution in [1.29, 1.82) is 0 Å². The summed E-state index contributed by atoms with van der Waals surface area (Å²) in [4.78, 5) is 4.59. The number of pyridine rings is 1. The quantitative estimate of drug-likeness (QED) is 0.757. The van der Waals surface area contributed by atoms with Crippen molar-refractivity contribution in [1.82, 2.24) is 0 Å². The zero-order chi connectivity index (χ0) is 17.2. The number of aromatic nitrogens is 1. The molecule has 0 saturated carbocycles. The van der Waals surface area contributed by atoms with Crippen LogP contribution in [0.25, 0.3) is 10.9 Å². The van der Waals surface area contributed by atoms with E-state index in [4.69, 9.17) is 0 Å². The van der Waals surface area contributed by atoms with Gasteiger partial charge in [-0.1, -0.05) is 0 Å². The first kappa shape index (κ1) is 16.0. The van der Waals surface area contributed by atoms with Crippen molar-refractivity contribution < 1.29 is 19.4 Å². The molecule has 0 spiro atoms. The van der Waals surface area contributed by atoms with Crippen LogP contribution in [0.3, 0.4) is 0 Å². The van der Waals surface area contributed by atoms with Crippen molar-refractivity contribution in [2.75, 3.05) is 13.1 Å². The predicted octanol–water partition coefficient (Wildman–Crippen LogP) is 2.66. The summed E-state index contributed by atoms with van der Waals surface area (Å²) in [6.45, 7) is 2.13. The van der Waals surface area contributed by atoms with E-state index in [0.29, 0.717) is 5.75 Å². The van der Waals surface area contributed by atoms with Crippen LogP contribution in [0.4, 0.5) is 4.39 Å². The van der Waals surface area contributed by atoms with Gasteiger partial charge in [0.2, 0.25) is 0 Å². The number of fused-ring (bicyclic) bond motifs is 1. The number of aromatic hydroxyl groups is 1. The van der Waals surface area contributed by atoms with Crippen LogP contribution in [-0.4, -0.2) is 18.2 Å². The smallest absolute Gasteiger partial charge is 0.253 e. The SMILES string of the molecule is Oc1c(C(c2ccc(F)cc2)[NH+]2CCCCC2)ccc2ccc[nH+]c12. The summed E-state index contributed by atoms with van der Waals surface area (Å²) in [5, 5.41) is 11.9. The first-order valence-corrected chi connectivity index (χ1v) is 8.96. The fourth-order valence-electron chi connectivity index (χ4n) is 4.01. The number of quaternary nitrogens is 1. The molecule has 1 saturated heterocycles. The molecule has 4 heteroatoms. The van der Waals surface area contributed by atoms with E-state index >= 15 is 0 Å². The van der Waals surface area contributed by atoms with Gasteiger partial charge in [-0.25, -0.2) is 9.37 Å². The zero-order valence-corrected chi connectivity index (χ0v) is 14.1. The lowest BCUT2D eigenvalue weighted by atomic mass is 9.93. The maximum Gasteiger partial charge on any atom is 0.253 e. The average Bonchev–Trinajstić information content (AvgIpc) is 2.66. The molecule has 0 amide bonds. The maximum absolute atomic E-state index is 13.4.